The fraction of sp³-hybridized carbons (Fsp3) is 0.500. The number of hydrogen-bond acceptors (Lipinski definition) is 2. The Morgan fingerprint density at radius 1 is 0.769 bits per heavy atom. The zero-order chi connectivity index (χ0) is 18.0. The van der Waals surface area contributed by atoms with Crippen molar-refractivity contribution >= 4 is 0 Å². The average Bonchev–Trinajstić information content (AvgIpc) is 2.70. The Labute approximate surface area is 159 Å². The van der Waals surface area contributed by atoms with Crippen LogP contribution in [0.4, 0.5) is 0 Å². The topological polar surface area (TPSA) is 29.3 Å². The van der Waals surface area contributed by atoms with Gasteiger partial charge in [-0.2, -0.15) is 0 Å². The number of nitrogens with two attached hydrogens (primary N) is 1. The molecule has 0 atom stereocenters. The standard InChI is InChI=1S/C24H34N2/c25-18-22-13-15-24(16-14-22)20-26(19-23-10-5-2-6-11-23)17-7-12-21-8-3-1-4-9-21/h1-6,8-11,22,24H,7,12-20,25H2. The van der Waals surface area contributed by atoms with Crippen LogP contribution < -0.4 is 5.73 Å². The fourth-order valence-corrected chi connectivity index (χ4v) is 4.24. The molecule has 1 saturated carbocycles. The van der Waals surface area contributed by atoms with Crippen LogP contribution in [0.15, 0.2) is 60.7 Å². The van der Waals surface area contributed by atoms with Crippen molar-refractivity contribution in [2.24, 2.45) is 17.6 Å². The van der Waals surface area contributed by atoms with Crippen molar-refractivity contribution in [3.63, 3.8) is 0 Å². The molecule has 2 nitrogen and oxygen atoms in total. The summed E-state index contributed by atoms with van der Waals surface area (Å²) in [5.41, 5.74) is 8.75. The van der Waals surface area contributed by atoms with Crippen LogP contribution >= 0.6 is 0 Å². The third-order valence-corrected chi connectivity index (χ3v) is 5.85. The fourth-order valence-electron chi connectivity index (χ4n) is 4.24. The molecule has 0 heterocycles. The summed E-state index contributed by atoms with van der Waals surface area (Å²) in [6.45, 7) is 4.37. The van der Waals surface area contributed by atoms with Gasteiger partial charge in [-0.25, -0.2) is 0 Å². The number of nitrogens with zero attached hydrogens (tertiary/aromatic N) is 1. The van der Waals surface area contributed by atoms with Gasteiger partial charge in [-0.1, -0.05) is 60.7 Å². The van der Waals surface area contributed by atoms with E-state index in [1.165, 1.54) is 62.7 Å². The van der Waals surface area contributed by atoms with Gasteiger partial charge in [-0.15, -0.1) is 0 Å². The van der Waals surface area contributed by atoms with Crippen molar-refractivity contribution in [3.8, 4) is 0 Å². The Morgan fingerprint density at radius 3 is 1.96 bits per heavy atom. The largest absolute Gasteiger partial charge is 0.330 e. The second kappa shape index (κ2) is 10.5. The second-order valence-electron chi connectivity index (χ2n) is 7.93. The van der Waals surface area contributed by atoms with Crippen LogP contribution in [0.5, 0.6) is 0 Å². The van der Waals surface area contributed by atoms with Gasteiger partial charge in [0.05, 0.1) is 0 Å². The Hall–Kier alpha value is -1.64. The Kier molecular flexibility index (Phi) is 7.72. The molecule has 0 saturated heterocycles. The van der Waals surface area contributed by atoms with E-state index in [1.54, 1.807) is 0 Å². The molecule has 1 aliphatic carbocycles. The summed E-state index contributed by atoms with van der Waals surface area (Å²) in [6, 6.07) is 21.8. The van der Waals surface area contributed by atoms with Gasteiger partial charge in [0, 0.05) is 13.1 Å². The van der Waals surface area contributed by atoms with E-state index in [2.05, 4.69) is 65.6 Å². The molecular formula is C24H34N2. The molecule has 0 aliphatic heterocycles. The Bertz CT molecular complexity index is 603. The maximum atomic E-state index is 5.86. The summed E-state index contributed by atoms with van der Waals surface area (Å²) in [5, 5.41) is 0. The van der Waals surface area contributed by atoms with Crippen molar-refractivity contribution < 1.29 is 0 Å². The lowest BCUT2D eigenvalue weighted by Crippen LogP contribution is -2.33. The van der Waals surface area contributed by atoms with Gasteiger partial charge in [-0.3, -0.25) is 4.90 Å². The van der Waals surface area contributed by atoms with Crippen molar-refractivity contribution in [2.45, 2.75) is 45.1 Å². The lowest BCUT2D eigenvalue weighted by molar-refractivity contribution is 0.174. The molecule has 2 aromatic rings. The highest BCUT2D eigenvalue weighted by Crippen LogP contribution is 2.29. The van der Waals surface area contributed by atoms with Gasteiger partial charge in [0.25, 0.3) is 0 Å². The smallest absolute Gasteiger partial charge is 0.0233 e. The van der Waals surface area contributed by atoms with Crippen molar-refractivity contribution in [3.05, 3.63) is 71.8 Å². The van der Waals surface area contributed by atoms with E-state index in [0.29, 0.717) is 0 Å². The van der Waals surface area contributed by atoms with E-state index in [9.17, 15) is 0 Å². The molecule has 2 heteroatoms. The zero-order valence-corrected chi connectivity index (χ0v) is 16.0. The maximum absolute atomic E-state index is 5.86. The first-order valence-corrected chi connectivity index (χ1v) is 10.3. The van der Waals surface area contributed by atoms with Crippen LogP contribution in [0.3, 0.4) is 0 Å². The molecule has 0 amide bonds. The maximum Gasteiger partial charge on any atom is 0.0233 e. The molecule has 2 aromatic carbocycles. The molecule has 140 valence electrons. The summed E-state index contributed by atoms with van der Waals surface area (Å²) in [5.74, 6) is 1.62. The lowest BCUT2D eigenvalue weighted by Gasteiger charge is -2.32. The Morgan fingerprint density at radius 2 is 1.35 bits per heavy atom. The molecular weight excluding hydrogens is 316 g/mol. The average molecular weight is 351 g/mol. The first-order chi connectivity index (χ1) is 12.8. The van der Waals surface area contributed by atoms with Crippen LogP contribution in [-0.2, 0) is 13.0 Å². The molecule has 0 bridgehead atoms. The summed E-state index contributed by atoms with van der Waals surface area (Å²) in [7, 11) is 0. The molecule has 26 heavy (non-hydrogen) atoms. The van der Waals surface area contributed by atoms with Crippen molar-refractivity contribution in [1.29, 1.82) is 0 Å². The molecule has 0 aromatic heterocycles. The van der Waals surface area contributed by atoms with E-state index < -0.39 is 0 Å². The van der Waals surface area contributed by atoms with Crippen molar-refractivity contribution in [1.82, 2.24) is 4.90 Å². The number of benzene rings is 2. The third kappa shape index (κ3) is 6.26. The predicted octanol–water partition coefficient (Wildman–Crippen LogP) is 4.89. The van der Waals surface area contributed by atoms with Gasteiger partial charge < -0.3 is 5.73 Å². The highest BCUT2D eigenvalue weighted by atomic mass is 15.1. The van der Waals surface area contributed by atoms with Crippen LogP contribution in [-0.4, -0.2) is 24.5 Å². The van der Waals surface area contributed by atoms with E-state index in [0.717, 1.165) is 24.9 Å². The summed E-state index contributed by atoms with van der Waals surface area (Å²) >= 11 is 0. The Balaban J connectivity index is 1.53. The van der Waals surface area contributed by atoms with E-state index in [-0.39, 0.29) is 0 Å². The molecule has 0 radical (unpaired) electrons. The van der Waals surface area contributed by atoms with Gasteiger partial charge in [0.2, 0.25) is 0 Å². The normalized spacial score (nSPS) is 20.4. The highest BCUT2D eigenvalue weighted by Gasteiger charge is 2.22. The van der Waals surface area contributed by atoms with Crippen molar-refractivity contribution in [2.75, 3.05) is 19.6 Å². The first kappa shape index (κ1) is 19.1. The highest BCUT2D eigenvalue weighted by molar-refractivity contribution is 5.15. The zero-order valence-electron chi connectivity index (χ0n) is 16.0. The van der Waals surface area contributed by atoms with Gasteiger partial charge in [0.1, 0.15) is 0 Å². The molecule has 0 spiro atoms. The molecule has 1 fully saturated rings. The van der Waals surface area contributed by atoms with Gasteiger partial charge in [0.15, 0.2) is 0 Å². The summed E-state index contributed by atoms with van der Waals surface area (Å²) < 4.78 is 0. The first-order valence-electron chi connectivity index (χ1n) is 10.3. The SMILES string of the molecule is NCC1CCC(CN(CCCc2ccccc2)Cc2ccccc2)CC1. The number of hydrogen-bond donors (Lipinski definition) is 1. The van der Waals surface area contributed by atoms with E-state index in [1.807, 2.05) is 0 Å². The summed E-state index contributed by atoms with van der Waals surface area (Å²) in [4.78, 5) is 2.69. The van der Waals surface area contributed by atoms with Crippen LogP contribution in [0.1, 0.15) is 43.2 Å². The van der Waals surface area contributed by atoms with Crippen LogP contribution in [0.25, 0.3) is 0 Å². The minimum Gasteiger partial charge on any atom is -0.330 e. The van der Waals surface area contributed by atoms with Gasteiger partial charge >= 0.3 is 0 Å². The molecule has 3 rings (SSSR count). The second-order valence-corrected chi connectivity index (χ2v) is 7.93. The number of aryl methyl sites for hydroxylation is 1. The lowest BCUT2D eigenvalue weighted by atomic mass is 9.82. The monoisotopic (exact) mass is 350 g/mol. The molecule has 2 N–H and O–H groups in total. The quantitative estimate of drug-likeness (QED) is 0.698. The minimum atomic E-state index is 0.770. The number of rotatable bonds is 9. The summed E-state index contributed by atoms with van der Waals surface area (Å²) in [6.07, 6.45) is 7.76. The van der Waals surface area contributed by atoms with Gasteiger partial charge in [-0.05, 0) is 74.6 Å². The van der Waals surface area contributed by atoms with Crippen LogP contribution in [0.2, 0.25) is 0 Å². The van der Waals surface area contributed by atoms with Crippen LogP contribution in [0, 0.1) is 11.8 Å². The third-order valence-electron chi connectivity index (χ3n) is 5.85. The minimum absolute atomic E-state index is 0.770. The molecule has 1 aliphatic rings. The molecule has 0 unspecified atom stereocenters. The predicted molar refractivity (Wildman–Crippen MR) is 111 cm³/mol. The van der Waals surface area contributed by atoms with E-state index in [4.69, 9.17) is 5.73 Å². The van der Waals surface area contributed by atoms with E-state index >= 15 is 0 Å².